The van der Waals surface area contributed by atoms with Gasteiger partial charge in [-0.15, -0.1) is 0 Å². The quantitative estimate of drug-likeness (QED) is 0.766. The Morgan fingerprint density at radius 3 is 2.38 bits per heavy atom. The van der Waals surface area contributed by atoms with Gasteiger partial charge in [0.25, 0.3) is 0 Å². The highest BCUT2D eigenvalue weighted by Gasteiger charge is 2.51. The van der Waals surface area contributed by atoms with E-state index in [0.717, 1.165) is 34.5 Å². The molecule has 0 saturated heterocycles. The van der Waals surface area contributed by atoms with E-state index >= 15 is 0 Å². The summed E-state index contributed by atoms with van der Waals surface area (Å²) in [5, 5.41) is 6.80. The fourth-order valence-corrected chi connectivity index (χ4v) is 6.67. The minimum Gasteiger partial charge on any atom is -0.459 e. The Bertz CT molecular complexity index is 863. The van der Waals surface area contributed by atoms with Gasteiger partial charge in [-0.05, 0) is 80.8 Å². The van der Waals surface area contributed by atoms with E-state index in [1.54, 1.807) is 0 Å². The third-order valence-corrected chi connectivity index (χ3v) is 7.40. The lowest BCUT2D eigenvalue weighted by atomic mass is 9.49. The van der Waals surface area contributed by atoms with Gasteiger partial charge in [-0.2, -0.15) is 0 Å². The molecule has 154 valence electrons. The topological polar surface area (TPSA) is 71.3 Å². The van der Waals surface area contributed by atoms with Gasteiger partial charge in [-0.1, -0.05) is 18.2 Å². The maximum atomic E-state index is 12.6. The molecule has 5 heteroatoms. The zero-order valence-corrected chi connectivity index (χ0v) is 17.1. The number of furan rings is 1. The van der Waals surface area contributed by atoms with Crippen molar-refractivity contribution in [3.8, 4) is 0 Å². The van der Waals surface area contributed by atoms with Crippen molar-refractivity contribution in [1.82, 2.24) is 10.6 Å². The standard InChI is InChI=1S/C24H30N2O3/c1-15(21-9-19-4-2-3-5-20(19)29-21)26-23(28)14-25-22(27)13-24-10-16-6-17(11-24)8-18(7-16)12-24/h2-5,9,15-18H,6-8,10-14H2,1H3,(H,25,27)(H,26,28). The maximum Gasteiger partial charge on any atom is 0.239 e. The lowest BCUT2D eigenvalue weighted by Gasteiger charge is -2.56. The molecule has 4 saturated carbocycles. The summed E-state index contributed by atoms with van der Waals surface area (Å²) >= 11 is 0. The predicted octanol–water partition coefficient (Wildman–Crippen LogP) is 4.33. The minimum absolute atomic E-state index is 0.0236. The number of carbonyl (C=O) groups excluding carboxylic acids is 2. The van der Waals surface area contributed by atoms with Crippen molar-refractivity contribution in [1.29, 1.82) is 0 Å². The number of fused-ring (bicyclic) bond motifs is 1. The second-order valence-electron chi connectivity index (χ2n) is 9.85. The van der Waals surface area contributed by atoms with E-state index in [9.17, 15) is 9.59 Å². The smallest absolute Gasteiger partial charge is 0.239 e. The molecule has 5 nitrogen and oxygen atoms in total. The average molecular weight is 395 g/mol. The summed E-state index contributed by atoms with van der Waals surface area (Å²) in [6.45, 7) is 1.92. The van der Waals surface area contributed by atoms with Crippen LogP contribution >= 0.6 is 0 Å². The van der Waals surface area contributed by atoms with Crippen molar-refractivity contribution >= 4 is 22.8 Å². The molecule has 1 atom stereocenters. The van der Waals surface area contributed by atoms with E-state index in [1.807, 2.05) is 37.3 Å². The van der Waals surface area contributed by atoms with Gasteiger partial charge >= 0.3 is 0 Å². The van der Waals surface area contributed by atoms with Crippen molar-refractivity contribution in [2.45, 2.75) is 57.9 Å². The second-order valence-corrected chi connectivity index (χ2v) is 9.85. The van der Waals surface area contributed by atoms with Gasteiger partial charge in [0.05, 0.1) is 12.6 Å². The zero-order valence-electron chi connectivity index (χ0n) is 17.1. The second kappa shape index (κ2) is 7.19. The molecule has 2 amide bonds. The van der Waals surface area contributed by atoms with Crippen LogP contribution in [0.4, 0.5) is 0 Å². The summed E-state index contributed by atoms with van der Waals surface area (Å²) in [4.78, 5) is 24.9. The van der Waals surface area contributed by atoms with Crippen LogP contribution < -0.4 is 10.6 Å². The highest BCUT2D eigenvalue weighted by Crippen LogP contribution is 2.61. The Morgan fingerprint density at radius 2 is 1.72 bits per heavy atom. The van der Waals surface area contributed by atoms with Crippen molar-refractivity contribution in [3.63, 3.8) is 0 Å². The van der Waals surface area contributed by atoms with Crippen LogP contribution in [0.25, 0.3) is 11.0 Å². The summed E-state index contributed by atoms with van der Waals surface area (Å²) < 4.78 is 5.81. The first-order valence-electron chi connectivity index (χ1n) is 11.0. The summed E-state index contributed by atoms with van der Waals surface area (Å²) in [5.41, 5.74) is 1.02. The molecule has 6 rings (SSSR count). The summed E-state index contributed by atoms with van der Waals surface area (Å²) in [6, 6.07) is 9.50. The normalized spacial score (nSPS) is 31.0. The molecule has 2 aromatic rings. The monoisotopic (exact) mass is 394 g/mol. The predicted molar refractivity (Wildman–Crippen MR) is 111 cm³/mol. The molecule has 4 bridgehead atoms. The number of hydrogen-bond donors (Lipinski definition) is 2. The van der Waals surface area contributed by atoms with Crippen LogP contribution in [0.5, 0.6) is 0 Å². The third-order valence-electron chi connectivity index (χ3n) is 7.40. The first-order chi connectivity index (χ1) is 14.0. The van der Waals surface area contributed by atoms with Gasteiger partial charge < -0.3 is 15.1 Å². The highest BCUT2D eigenvalue weighted by molar-refractivity contribution is 5.85. The molecule has 4 aliphatic carbocycles. The molecule has 2 N–H and O–H groups in total. The van der Waals surface area contributed by atoms with E-state index in [2.05, 4.69) is 10.6 Å². The van der Waals surface area contributed by atoms with E-state index < -0.39 is 0 Å². The molecule has 29 heavy (non-hydrogen) atoms. The van der Waals surface area contributed by atoms with Gasteiger partial charge in [-0.3, -0.25) is 9.59 Å². The van der Waals surface area contributed by atoms with Crippen LogP contribution in [0.3, 0.4) is 0 Å². The molecule has 0 aliphatic heterocycles. The van der Waals surface area contributed by atoms with Gasteiger partial charge in [0, 0.05) is 11.8 Å². The Hall–Kier alpha value is -2.30. The fourth-order valence-electron chi connectivity index (χ4n) is 6.67. The van der Waals surface area contributed by atoms with Gasteiger partial charge in [-0.25, -0.2) is 0 Å². The molecular weight excluding hydrogens is 364 g/mol. The third kappa shape index (κ3) is 3.79. The Kier molecular flexibility index (Phi) is 4.64. The number of rotatable bonds is 6. The molecule has 1 aromatic heterocycles. The number of benzene rings is 1. The number of amides is 2. The van der Waals surface area contributed by atoms with E-state index in [0.29, 0.717) is 6.42 Å². The van der Waals surface area contributed by atoms with Crippen molar-refractivity contribution in [3.05, 3.63) is 36.1 Å². The number of nitrogens with one attached hydrogen (secondary N) is 2. The van der Waals surface area contributed by atoms with Crippen LogP contribution in [0.2, 0.25) is 0 Å². The first kappa shape index (κ1) is 18.7. The lowest BCUT2D eigenvalue weighted by Crippen LogP contribution is -2.48. The Balaban J connectivity index is 1.12. The fraction of sp³-hybridized carbons (Fsp3) is 0.583. The molecule has 0 radical (unpaired) electrons. The lowest BCUT2D eigenvalue weighted by molar-refractivity contribution is -0.132. The van der Waals surface area contributed by atoms with Crippen LogP contribution in [0.15, 0.2) is 34.7 Å². The molecular formula is C24H30N2O3. The number of hydrogen-bond acceptors (Lipinski definition) is 3. The minimum atomic E-state index is -0.241. The first-order valence-corrected chi connectivity index (χ1v) is 11.0. The SMILES string of the molecule is CC(NC(=O)CNC(=O)CC12CC3CC(CC(C3)C1)C2)c1cc2ccccc2o1. The van der Waals surface area contributed by atoms with Crippen LogP contribution in [-0.4, -0.2) is 18.4 Å². The largest absolute Gasteiger partial charge is 0.459 e. The van der Waals surface area contributed by atoms with Crippen molar-refractivity contribution in [2.24, 2.45) is 23.2 Å². The van der Waals surface area contributed by atoms with Crippen molar-refractivity contribution in [2.75, 3.05) is 6.54 Å². The average Bonchev–Trinajstić information content (AvgIpc) is 3.09. The van der Waals surface area contributed by atoms with Gasteiger partial charge in [0.15, 0.2) is 0 Å². The van der Waals surface area contributed by atoms with E-state index in [4.69, 9.17) is 4.42 Å². The van der Waals surface area contributed by atoms with Crippen LogP contribution in [-0.2, 0) is 9.59 Å². The summed E-state index contributed by atoms with van der Waals surface area (Å²) in [6.07, 6.45) is 8.35. The van der Waals surface area contributed by atoms with Crippen LogP contribution in [0, 0.1) is 23.2 Å². The summed E-state index contributed by atoms with van der Waals surface area (Å²) in [5.74, 6) is 3.07. The maximum absolute atomic E-state index is 12.6. The van der Waals surface area contributed by atoms with Crippen LogP contribution in [0.1, 0.15) is 63.7 Å². The molecule has 4 aliphatic rings. The molecule has 1 aromatic carbocycles. The molecule has 0 spiro atoms. The van der Waals surface area contributed by atoms with Gasteiger partial charge in [0.1, 0.15) is 11.3 Å². The number of para-hydroxylation sites is 1. The van der Waals surface area contributed by atoms with E-state index in [-0.39, 0.29) is 29.8 Å². The van der Waals surface area contributed by atoms with Gasteiger partial charge in [0.2, 0.25) is 11.8 Å². The molecule has 1 heterocycles. The Morgan fingerprint density at radius 1 is 1.07 bits per heavy atom. The molecule has 4 fully saturated rings. The van der Waals surface area contributed by atoms with E-state index in [1.165, 1.54) is 38.5 Å². The number of carbonyl (C=O) groups is 2. The Labute approximate surface area is 171 Å². The zero-order chi connectivity index (χ0) is 20.0. The summed E-state index contributed by atoms with van der Waals surface area (Å²) in [7, 11) is 0. The highest BCUT2D eigenvalue weighted by atomic mass is 16.3. The van der Waals surface area contributed by atoms with Crippen molar-refractivity contribution < 1.29 is 14.0 Å². The molecule has 1 unspecified atom stereocenters.